The van der Waals surface area contributed by atoms with Gasteiger partial charge in [-0.05, 0) is 48.7 Å². The Morgan fingerprint density at radius 2 is 1.79 bits per heavy atom. The Labute approximate surface area is 162 Å². The maximum Gasteiger partial charge on any atom is 0.420 e. The highest BCUT2D eigenvalue weighted by molar-refractivity contribution is 5.83. The topological polar surface area (TPSA) is 73.9 Å². The van der Waals surface area contributed by atoms with Crippen LogP contribution in [-0.4, -0.2) is 36.1 Å². The molecule has 0 saturated carbocycles. The molecule has 3 aromatic rings. The summed E-state index contributed by atoms with van der Waals surface area (Å²) in [5, 5.41) is 0. The molecule has 0 saturated heterocycles. The molecule has 1 amide bonds. The number of benzene rings is 2. The van der Waals surface area contributed by atoms with Gasteiger partial charge in [0.1, 0.15) is 6.04 Å². The zero-order chi connectivity index (χ0) is 19.8. The molecule has 1 aliphatic heterocycles. The number of methoxy groups -OCH3 is 2. The lowest BCUT2D eigenvalue weighted by Crippen LogP contribution is -2.41. The molecule has 7 heteroatoms. The number of ether oxygens (including phenoxy) is 2. The number of rotatable bonds is 4. The lowest BCUT2D eigenvalue weighted by Gasteiger charge is -2.31. The second kappa shape index (κ2) is 7.07. The monoisotopic (exact) mass is 382 g/mol. The van der Waals surface area contributed by atoms with E-state index in [0.717, 1.165) is 17.5 Å². The van der Waals surface area contributed by atoms with E-state index in [1.54, 1.807) is 44.2 Å². The second-order valence-electron chi connectivity index (χ2n) is 6.87. The fourth-order valence-electron chi connectivity index (χ4n) is 3.80. The van der Waals surface area contributed by atoms with E-state index >= 15 is 0 Å². The largest absolute Gasteiger partial charge is 0.493 e. The first-order valence-electron chi connectivity index (χ1n) is 9.16. The van der Waals surface area contributed by atoms with E-state index in [1.165, 1.54) is 4.57 Å². The molecule has 0 spiro atoms. The van der Waals surface area contributed by atoms with Gasteiger partial charge in [-0.15, -0.1) is 0 Å². The Morgan fingerprint density at radius 1 is 1.11 bits per heavy atom. The van der Waals surface area contributed by atoms with Crippen molar-refractivity contribution in [2.24, 2.45) is 0 Å². The van der Waals surface area contributed by atoms with Crippen molar-refractivity contribution in [3.05, 3.63) is 58.1 Å². The van der Waals surface area contributed by atoms with Crippen LogP contribution in [0.3, 0.4) is 0 Å². The summed E-state index contributed by atoms with van der Waals surface area (Å²) < 4.78 is 17.4. The summed E-state index contributed by atoms with van der Waals surface area (Å²) in [6, 6.07) is 10.4. The molecule has 2 aromatic carbocycles. The average Bonchev–Trinajstić information content (AvgIpc) is 3.06. The van der Waals surface area contributed by atoms with Gasteiger partial charge in [0, 0.05) is 13.1 Å². The molecule has 0 fully saturated rings. The van der Waals surface area contributed by atoms with Crippen LogP contribution in [-0.2, 0) is 17.8 Å². The molecule has 146 valence electrons. The van der Waals surface area contributed by atoms with Crippen LogP contribution in [0, 0.1) is 0 Å². The summed E-state index contributed by atoms with van der Waals surface area (Å²) in [5.41, 5.74) is 3.26. The zero-order valence-electron chi connectivity index (χ0n) is 16.1. The van der Waals surface area contributed by atoms with Crippen molar-refractivity contribution in [1.29, 1.82) is 0 Å². The molecule has 28 heavy (non-hydrogen) atoms. The van der Waals surface area contributed by atoms with Crippen molar-refractivity contribution < 1.29 is 18.7 Å². The number of carbonyl (C=O) groups excluding carboxylic acids is 1. The normalized spacial score (nSPS) is 14.6. The molecular formula is C21H22N2O5. The molecule has 2 heterocycles. The fraction of sp³-hybridized carbons (Fsp3) is 0.333. The second-order valence-corrected chi connectivity index (χ2v) is 6.87. The van der Waals surface area contributed by atoms with Crippen LogP contribution in [0.15, 0.2) is 45.6 Å². The zero-order valence-corrected chi connectivity index (χ0v) is 16.1. The van der Waals surface area contributed by atoms with E-state index in [9.17, 15) is 9.59 Å². The van der Waals surface area contributed by atoms with Crippen LogP contribution in [0.25, 0.3) is 11.1 Å². The minimum Gasteiger partial charge on any atom is -0.493 e. The Kier molecular flexibility index (Phi) is 4.58. The molecule has 0 bridgehead atoms. The summed E-state index contributed by atoms with van der Waals surface area (Å²) in [6.07, 6.45) is 0.717. The van der Waals surface area contributed by atoms with Crippen molar-refractivity contribution in [1.82, 2.24) is 9.47 Å². The standard InChI is InChI=1S/C21H22N2O5/c1-13(23-16-6-4-5-7-17(16)28-21(23)25)20(24)22-9-8-14-10-18(26-2)19(27-3)11-15(14)12-22/h4-7,10-11,13H,8-9,12H2,1-3H3. The summed E-state index contributed by atoms with van der Waals surface area (Å²) >= 11 is 0. The Hall–Kier alpha value is -3.22. The average molecular weight is 382 g/mol. The van der Waals surface area contributed by atoms with Gasteiger partial charge in [-0.2, -0.15) is 0 Å². The highest BCUT2D eigenvalue weighted by Gasteiger charge is 2.29. The maximum absolute atomic E-state index is 13.1. The number of nitrogens with zero attached hydrogens (tertiary/aromatic N) is 2. The lowest BCUT2D eigenvalue weighted by atomic mass is 9.98. The van der Waals surface area contributed by atoms with Gasteiger partial charge in [0.05, 0.1) is 19.7 Å². The van der Waals surface area contributed by atoms with E-state index in [1.807, 2.05) is 18.2 Å². The van der Waals surface area contributed by atoms with E-state index in [4.69, 9.17) is 13.9 Å². The Bertz CT molecular complexity index is 1100. The predicted molar refractivity (Wildman–Crippen MR) is 104 cm³/mol. The predicted octanol–water partition coefficient (Wildman–Crippen LogP) is 2.76. The minimum absolute atomic E-state index is 0.117. The van der Waals surface area contributed by atoms with Gasteiger partial charge in [-0.25, -0.2) is 4.79 Å². The third-order valence-corrected chi connectivity index (χ3v) is 5.29. The van der Waals surface area contributed by atoms with Gasteiger partial charge in [0.2, 0.25) is 5.91 Å². The van der Waals surface area contributed by atoms with Crippen LogP contribution in [0.1, 0.15) is 24.1 Å². The number of hydrogen-bond acceptors (Lipinski definition) is 5. The third kappa shape index (κ3) is 2.93. The van der Waals surface area contributed by atoms with Gasteiger partial charge >= 0.3 is 5.76 Å². The summed E-state index contributed by atoms with van der Waals surface area (Å²) in [4.78, 5) is 27.2. The molecular weight excluding hydrogens is 360 g/mol. The van der Waals surface area contributed by atoms with E-state index in [2.05, 4.69) is 0 Å². The summed E-state index contributed by atoms with van der Waals surface area (Å²) in [7, 11) is 3.20. The van der Waals surface area contributed by atoms with Crippen molar-refractivity contribution in [3.63, 3.8) is 0 Å². The number of hydrogen-bond donors (Lipinski definition) is 0. The highest BCUT2D eigenvalue weighted by atomic mass is 16.5. The molecule has 0 radical (unpaired) electrons. The van der Waals surface area contributed by atoms with Crippen LogP contribution in [0.2, 0.25) is 0 Å². The van der Waals surface area contributed by atoms with E-state index in [0.29, 0.717) is 35.7 Å². The summed E-state index contributed by atoms with van der Waals surface area (Å²) in [5.74, 6) is 0.686. The fourth-order valence-corrected chi connectivity index (χ4v) is 3.80. The first kappa shape index (κ1) is 18.2. The van der Waals surface area contributed by atoms with Gasteiger partial charge in [-0.3, -0.25) is 9.36 Å². The SMILES string of the molecule is COc1cc2c(cc1OC)CN(C(=O)C(C)n1c(=O)oc3ccccc31)CC2. The molecule has 0 N–H and O–H groups in total. The Balaban J connectivity index is 1.63. The molecule has 4 rings (SSSR count). The van der Waals surface area contributed by atoms with Crippen LogP contribution >= 0.6 is 0 Å². The van der Waals surface area contributed by atoms with Gasteiger partial charge < -0.3 is 18.8 Å². The van der Waals surface area contributed by atoms with Gasteiger partial charge in [0.25, 0.3) is 0 Å². The molecule has 0 aliphatic carbocycles. The van der Waals surface area contributed by atoms with Gasteiger partial charge in [0.15, 0.2) is 17.1 Å². The smallest absolute Gasteiger partial charge is 0.420 e. The van der Waals surface area contributed by atoms with Crippen LogP contribution < -0.4 is 15.2 Å². The number of aromatic nitrogens is 1. The molecule has 1 aliphatic rings. The van der Waals surface area contributed by atoms with Crippen molar-refractivity contribution in [2.75, 3.05) is 20.8 Å². The Morgan fingerprint density at radius 3 is 2.50 bits per heavy atom. The number of oxazole rings is 1. The highest BCUT2D eigenvalue weighted by Crippen LogP contribution is 2.33. The third-order valence-electron chi connectivity index (χ3n) is 5.29. The molecule has 7 nitrogen and oxygen atoms in total. The van der Waals surface area contributed by atoms with Crippen molar-refractivity contribution in [2.45, 2.75) is 25.9 Å². The lowest BCUT2D eigenvalue weighted by molar-refractivity contribution is -0.135. The molecule has 1 aromatic heterocycles. The van der Waals surface area contributed by atoms with Crippen molar-refractivity contribution >= 4 is 17.0 Å². The quantitative estimate of drug-likeness (QED) is 0.694. The maximum atomic E-state index is 13.1. The van der Waals surface area contributed by atoms with E-state index < -0.39 is 11.8 Å². The number of para-hydroxylation sites is 2. The van der Waals surface area contributed by atoms with Gasteiger partial charge in [-0.1, -0.05) is 12.1 Å². The molecule has 1 unspecified atom stereocenters. The first-order valence-corrected chi connectivity index (χ1v) is 9.16. The summed E-state index contributed by atoms with van der Waals surface area (Å²) in [6.45, 7) is 2.77. The number of fused-ring (bicyclic) bond motifs is 2. The van der Waals surface area contributed by atoms with Crippen LogP contribution in [0.5, 0.6) is 11.5 Å². The van der Waals surface area contributed by atoms with Crippen molar-refractivity contribution in [3.8, 4) is 11.5 Å². The van der Waals surface area contributed by atoms with E-state index in [-0.39, 0.29) is 5.91 Å². The molecule has 1 atom stereocenters. The minimum atomic E-state index is -0.655. The number of carbonyl (C=O) groups is 1. The number of amides is 1. The van der Waals surface area contributed by atoms with Crippen LogP contribution in [0.4, 0.5) is 0 Å². The first-order chi connectivity index (χ1) is 13.5.